The monoisotopic (exact) mass is 328 g/mol. The zero-order valence-corrected chi connectivity index (χ0v) is 13.8. The molecule has 6 nitrogen and oxygen atoms in total. The van der Waals surface area contributed by atoms with E-state index in [1.54, 1.807) is 11.3 Å². The van der Waals surface area contributed by atoms with Gasteiger partial charge in [0, 0.05) is 31.5 Å². The maximum Gasteiger partial charge on any atom is 0.205 e. The minimum atomic E-state index is 0.651. The van der Waals surface area contributed by atoms with Crippen LogP contribution in [-0.4, -0.2) is 40.0 Å². The lowest BCUT2D eigenvalue weighted by atomic mass is 10.00. The lowest BCUT2D eigenvalue weighted by molar-refractivity contribution is 0.425. The van der Waals surface area contributed by atoms with Gasteiger partial charge in [-0.25, -0.2) is 0 Å². The van der Waals surface area contributed by atoms with E-state index in [0.29, 0.717) is 11.8 Å². The average molecular weight is 328 g/mol. The SMILES string of the molecule is c1c(N2CC(CNc3nnc(C4CC4)s3)C2)nnc2c1CCC2. The van der Waals surface area contributed by atoms with Crippen LogP contribution in [0.3, 0.4) is 0 Å². The second-order valence-electron chi connectivity index (χ2n) is 6.90. The van der Waals surface area contributed by atoms with Crippen molar-refractivity contribution in [2.24, 2.45) is 5.92 Å². The topological polar surface area (TPSA) is 66.8 Å². The van der Waals surface area contributed by atoms with Gasteiger partial charge in [0.2, 0.25) is 5.13 Å². The molecule has 1 aliphatic heterocycles. The summed E-state index contributed by atoms with van der Waals surface area (Å²) in [6.45, 7) is 3.07. The molecule has 0 amide bonds. The number of nitrogens with one attached hydrogen (secondary N) is 1. The molecule has 0 atom stereocenters. The van der Waals surface area contributed by atoms with E-state index in [2.05, 4.69) is 36.7 Å². The smallest absolute Gasteiger partial charge is 0.205 e. The van der Waals surface area contributed by atoms with Gasteiger partial charge in [-0.15, -0.1) is 15.3 Å². The van der Waals surface area contributed by atoms with Gasteiger partial charge in [-0.1, -0.05) is 11.3 Å². The molecule has 1 N–H and O–H groups in total. The molecule has 0 spiro atoms. The van der Waals surface area contributed by atoms with Crippen LogP contribution in [0.5, 0.6) is 0 Å². The Labute approximate surface area is 139 Å². The summed E-state index contributed by atoms with van der Waals surface area (Å²) in [5.74, 6) is 2.40. The van der Waals surface area contributed by atoms with Crippen LogP contribution in [0.4, 0.5) is 10.9 Å². The Balaban J connectivity index is 1.14. The predicted octanol–water partition coefficient (Wildman–Crippen LogP) is 2.24. The quantitative estimate of drug-likeness (QED) is 0.908. The van der Waals surface area contributed by atoms with Gasteiger partial charge in [0.05, 0.1) is 5.69 Å². The molecule has 5 rings (SSSR count). The second kappa shape index (κ2) is 5.40. The lowest BCUT2D eigenvalue weighted by Crippen LogP contribution is -2.50. The fourth-order valence-corrected chi connectivity index (χ4v) is 4.31. The van der Waals surface area contributed by atoms with Crippen molar-refractivity contribution in [2.45, 2.75) is 38.0 Å². The predicted molar refractivity (Wildman–Crippen MR) is 90.1 cm³/mol. The Morgan fingerprint density at radius 3 is 2.91 bits per heavy atom. The van der Waals surface area contributed by atoms with Crippen molar-refractivity contribution in [1.29, 1.82) is 0 Å². The molecule has 2 aromatic heterocycles. The van der Waals surface area contributed by atoms with Crippen LogP contribution in [0.2, 0.25) is 0 Å². The summed E-state index contributed by atoms with van der Waals surface area (Å²) < 4.78 is 0. The Kier molecular flexibility index (Phi) is 3.21. The van der Waals surface area contributed by atoms with Crippen LogP contribution in [0.15, 0.2) is 6.07 Å². The summed E-state index contributed by atoms with van der Waals surface area (Å²) in [5, 5.41) is 22.9. The Morgan fingerprint density at radius 2 is 2.04 bits per heavy atom. The van der Waals surface area contributed by atoms with Gasteiger partial charge >= 0.3 is 0 Å². The Morgan fingerprint density at radius 1 is 1.13 bits per heavy atom. The van der Waals surface area contributed by atoms with Crippen LogP contribution in [-0.2, 0) is 12.8 Å². The van der Waals surface area contributed by atoms with Crippen LogP contribution >= 0.6 is 11.3 Å². The second-order valence-corrected chi connectivity index (χ2v) is 7.91. The highest BCUT2D eigenvalue weighted by atomic mass is 32.1. The third-order valence-electron chi connectivity index (χ3n) is 5.00. The first-order chi connectivity index (χ1) is 11.3. The maximum absolute atomic E-state index is 4.39. The zero-order chi connectivity index (χ0) is 15.2. The van der Waals surface area contributed by atoms with Crippen LogP contribution in [0.1, 0.15) is 41.4 Å². The third kappa shape index (κ3) is 2.67. The van der Waals surface area contributed by atoms with Gasteiger partial charge in [-0.05, 0) is 43.7 Å². The number of hydrogen-bond donors (Lipinski definition) is 1. The number of nitrogens with zero attached hydrogens (tertiary/aromatic N) is 5. The van der Waals surface area contributed by atoms with Crippen LogP contribution < -0.4 is 10.2 Å². The normalized spacial score (nSPS) is 20.4. The summed E-state index contributed by atoms with van der Waals surface area (Å²) in [7, 11) is 0. The van der Waals surface area contributed by atoms with E-state index >= 15 is 0 Å². The van der Waals surface area contributed by atoms with Crippen molar-refractivity contribution in [3.8, 4) is 0 Å². The molecule has 2 aliphatic carbocycles. The van der Waals surface area contributed by atoms with Gasteiger partial charge in [0.15, 0.2) is 5.82 Å². The van der Waals surface area contributed by atoms with E-state index in [-0.39, 0.29) is 0 Å². The van der Waals surface area contributed by atoms with Crippen LogP contribution in [0, 0.1) is 5.92 Å². The first kappa shape index (κ1) is 13.7. The molecule has 0 bridgehead atoms. The van der Waals surface area contributed by atoms with E-state index in [0.717, 1.165) is 43.4 Å². The summed E-state index contributed by atoms with van der Waals surface area (Å²) >= 11 is 1.72. The van der Waals surface area contributed by atoms with Crippen molar-refractivity contribution < 1.29 is 0 Å². The van der Waals surface area contributed by atoms with Crippen molar-refractivity contribution >= 4 is 22.3 Å². The number of hydrogen-bond acceptors (Lipinski definition) is 7. The zero-order valence-electron chi connectivity index (χ0n) is 13.0. The van der Waals surface area contributed by atoms with E-state index in [1.807, 2.05) is 0 Å². The Hall–Kier alpha value is -1.76. The van der Waals surface area contributed by atoms with E-state index in [4.69, 9.17) is 0 Å². The Bertz CT molecular complexity index is 719. The number of anilines is 2. The molecule has 1 saturated carbocycles. The molecule has 7 heteroatoms. The summed E-state index contributed by atoms with van der Waals surface area (Å²) in [4.78, 5) is 2.33. The first-order valence-corrected chi connectivity index (χ1v) is 9.34. The molecule has 0 aromatic carbocycles. The summed E-state index contributed by atoms with van der Waals surface area (Å²) in [6, 6.07) is 2.24. The highest BCUT2D eigenvalue weighted by Gasteiger charge is 2.30. The molecular weight excluding hydrogens is 308 g/mol. The number of aromatic nitrogens is 4. The van der Waals surface area contributed by atoms with E-state index < -0.39 is 0 Å². The van der Waals surface area contributed by atoms with Crippen molar-refractivity contribution in [3.63, 3.8) is 0 Å². The minimum absolute atomic E-state index is 0.651. The molecule has 1 saturated heterocycles. The van der Waals surface area contributed by atoms with Crippen molar-refractivity contribution in [2.75, 3.05) is 29.9 Å². The number of fused-ring (bicyclic) bond motifs is 1. The molecular formula is C16H20N6S. The highest BCUT2D eigenvalue weighted by molar-refractivity contribution is 7.15. The van der Waals surface area contributed by atoms with E-state index in [1.165, 1.54) is 35.5 Å². The largest absolute Gasteiger partial charge is 0.360 e. The number of aryl methyl sites for hydroxylation is 2. The lowest BCUT2D eigenvalue weighted by Gasteiger charge is -2.40. The first-order valence-electron chi connectivity index (χ1n) is 8.53. The number of rotatable bonds is 5. The minimum Gasteiger partial charge on any atom is -0.360 e. The average Bonchev–Trinajstić information content (AvgIpc) is 3.08. The van der Waals surface area contributed by atoms with Gasteiger partial charge in [-0.3, -0.25) is 0 Å². The highest BCUT2D eigenvalue weighted by Crippen LogP contribution is 2.42. The summed E-state index contributed by atoms with van der Waals surface area (Å²) in [5.41, 5.74) is 2.60. The third-order valence-corrected chi connectivity index (χ3v) is 6.04. The van der Waals surface area contributed by atoms with Crippen molar-refractivity contribution in [3.05, 3.63) is 22.3 Å². The van der Waals surface area contributed by atoms with Gasteiger partial charge < -0.3 is 10.2 Å². The van der Waals surface area contributed by atoms with E-state index in [9.17, 15) is 0 Å². The molecule has 2 fully saturated rings. The van der Waals surface area contributed by atoms with Gasteiger partial charge in [-0.2, -0.15) is 5.10 Å². The molecule has 3 aliphatic rings. The standard InChI is InChI=1S/C16H20N6S/c1-2-12-6-14(19-18-13(12)3-1)22-8-10(9-22)7-17-16-21-20-15(23-16)11-4-5-11/h6,10-11H,1-5,7-9H2,(H,17,21). The maximum atomic E-state index is 4.39. The molecule has 2 aromatic rings. The summed E-state index contributed by atoms with van der Waals surface area (Å²) in [6.07, 6.45) is 6.06. The molecule has 0 unspecified atom stereocenters. The fourth-order valence-electron chi connectivity index (χ4n) is 3.39. The fraction of sp³-hybridized carbons (Fsp3) is 0.625. The van der Waals surface area contributed by atoms with Gasteiger partial charge in [0.25, 0.3) is 0 Å². The van der Waals surface area contributed by atoms with Crippen molar-refractivity contribution in [1.82, 2.24) is 20.4 Å². The molecule has 23 heavy (non-hydrogen) atoms. The molecule has 120 valence electrons. The van der Waals surface area contributed by atoms with Crippen LogP contribution in [0.25, 0.3) is 0 Å². The molecule has 3 heterocycles. The van der Waals surface area contributed by atoms with Gasteiger partial charge in [0.1, 0.15) is 5.01 Å². The molecule has 0 radical (unpaired) electrons.